The molecule has 29 heavy (non-hydrogen) atoms. The summed E-state index contributed by atoms with van der Waals surface area (Å²) < 4.78 is 17.4. The molecule has 1 atom stereocenters. The number of benzene rings is 1. The molecule has 3 aliphatic rings. The van der Waals surface area contributed by atoms with E-state index in [2.05, 4.69) is 10.0 Å². The molecule has 1 fully saturated rings. The summed E-state index contributed by atoms with van der Waals surface area (Å²) in [4.78, 5) is 15.3. The lowest BCUT2D eigenvalue weighted by Gasteiger charge is -2.31. The second-order valence-electron chi connectivity index (χ2n) is 8.97. The van der Waals surface area contributed by atoms with Gasteiger partial charge in [-0.2, -0.15) is 0 Å². The number of anilines is 2. The number of carbonyl (C=O) groups is 1. The molecule has 152 valence electrons. The predicted molar refractivity (Wildman–Crippen MR) is 113 cm³/mol. The van der Waals surface area contributed by atoms with Gasteiger partial charge >= 0.3 is 0 Å². The van der Waals surface area contributed by atoms with Crippen molar-refractivity contribution in [3.8, 4) is 0 Å². The topological polar surface area (TPSA) is 85.2 Å². The van der Waals surface area contributed by atoms with Crippen molar-refractivity contribution in [1.82, 2.24) is 19.4 Å². The molecule has 1 aliphatic carbocycles. The monoisotopic (exact) mass is 411 g/mol. The fourth-order valence-corrected chi connectivity index (χ4v) is 4.82. The van der Waals surface area contributed by atoms with Crippen LogP contribution in [0.3, 0.4) is 0 Å². The second kappa shape index (κ2) is 6.53. The molecule has 1 aromatic carbocycles. The Hall–Kier alpha value is -2.45. The zero-order valence-electron chi connectivity index (χ0n) is 16.9. The Balaban J connectivity index is 1.46. The van der Waals surface area contributed by atoms with E-state index in [0.29, 0.717) is 23.2 Å². The third-order valence-corrected chi connectivity index (χ3v) is 6.78. The maximum atomic E-state index is 12.7. The number of fused-ring (bicyclic) bond motifs is 2. The molecule has 1 aromatic heterocycles. The van der Waals surface area contributed by atoms with Crippen LogP contribution >= 0.6 is 0 Å². The van der Waals surface area contributed by atoms with Crippen LogP contribution in [0.25, 0.3) is 6.08 Å². The van der Waals surface area contributed by atoms with Gasteiger partial charge in [0, 0.05) is 36.1 Å². The van der Waals surface area contributed by atoms with Crippen molar-refractivity contribution < 1.29 is 9.35 Å². The van der Waals surface area contributed by atoms with Crippen LogP contribution in [0.2, 0.25) is 0 Å². The highest BCUT2D eigenvalue weighted by Crippen LogP contribution is 2.36. The van der Waals surface area contributed by atoms with Crippen molar-refractivity contribution in [1.29, 1.82) is 0 Å². The van der Waals surface area contributed by atoms with Crippen LogP contribution in [0.4, 0.5) is 11.5 Å². The van der Waals surface area contributed by atoms with Gasteiger partial charge in [-0.15, -0.1) is 5.10 Å². The Labute approximate surface area is 173 Å². The van der Waals surface area contributed by atoms with Crippen LogP contribution in [-0.2, 0) is 24.5 Å². The molecule has 0 saturated heterocycles. The van der Waals surface area contributed by atoms with Gasteiger partial charge in [-0.1, -0.05) is 0 Å². The lowest BCUT2D eigenvalue weighted by molar-refractivity contribution is 0.0609. The minimum absolute atomic E-state index is 0.0700. The van der Waals surface area contributed by atoms with E-state index in [1.807, 2.05) is 54.6 Å². The van der Waals surface area contributed by atoms with E-state index < -0.39 is 11.4 Å². The fourth-order valence-electron chi connectivity index (χ4n) is 3.88. The predicted octanol–water partition coefficient (Wildman–Crippen LogP) is 3.39. The molecule has 5 rings (SSSR count). The third-order valence-electron chi connectivity index (χ3n) is 5.66. The summed E-state index contributed by atoms with van der Waals surface area (Å²) in [5.74, 6) is 1.34. The average molecular weight is 412 g/mol. The lowest BCUT2D eigenvalue weighted by atomic mass is 10.1. The van der Waals surface area contributed by atoms with Crippen molar-refractivity contribution in [3.05, 3.63) is 41.2 Å². The highest BCUT2D eigenvalue weighted by atomic mass is 32.2. The quantitative estimate of drug-likeness (QED) is 0.754. The number of hydrogen-bond acceptors (Lipinski definition) is 5. The number of amides is 1. The van der Waals surface area contributed by atoms with Crippen LogP contribution in [0.15, 0.2) is 29.3 Å². The molecule has 3 heterocycles. The summed E-state index contributed by atoms with van der Waals surface area (Å²) in [6.45, 7) is 7.59. The van der Waals surface area contributed by atoms with Gasteiger partial charge in [0.2, 0.25) is 10.7 Å². The van der Waals surface area contributed by atoms with Gasteiger partial charge in [0.05, 0.1) is 0 Å². The first-order chi connectivity index (χ1) is 13.8. The van der Waals surface area contributed by atoms with E-state index in [9.17, 15) is 9.35 Å². The molecule has 2 N–H and O–H groups in total. The van der Waals surface area contributed by atoms with E-state index in [1.54, 1.807) is 6.20 Å². The van der Waals surface area contributed by atoms with Crippen LogP contribution < -0.4 is 10.0 Å². The number of nitrogens with one attached hydrogen (secondary N) is 2. The van der Waals surface area contributed by atoms with E-state index in [4.69, 9.17) is 5.10 Å². The van der Waals surface area contributed by atoms with Crippen molar-refractivity contribution in [3.63, 3.8) is 0 Å². The Bertz CT molecular complexity index is 1020. The minimum atomic E-state index is -1.34. The average Bonchev–Trinajstić information content (AvgIpc) is 3.32. The van der Waals surface area contributed by atoms with Gasteiger partial charge < -0.3 is 14.8 Å². The molecule has 1 unspecified atom stereocenters. The van der Waals surface area contributed by atoms with E-state index in [1.165, 1.54) is 12.8 Å². The second-order valence-corrected chi connectivity index (χ2v) is 10.1. The first-order valence-electron chi connectivity index (χ1n) is 9.98. The molecule has 7 nitrogen and oxygen atoms in total. The summed E-state index contributed by atoms with van der Waals surface area (Å²) in [5, 5.41) is 8.07. The van der Waals surface area contributed by atoms with E-state index in [0.717, 1.165) is 29.1 Å². The molecule has 0 radical (unpaired) electrons. The van der Waals surface area contributed by atoms with Crippen LogP contribution in [-0.4, -0.2) is 30.7 Å². The first-order valence-corrected chi connectivity index (χ1v) is 11.1. The van der Waals surface area contributed by atoms with Crippen LogP contribution in [0.1, 0.15) is 55.2 Å². The Morgan fingerprint density at radius 3 is 2.86 bits per heavy atom. The van der Waals surface area contributed by atoms with Gasteiger partial charge in [-0.25, -0.2) is 4.72 Å². The number of carbonyl (C=O) groups excluding carboxylic acids is 1. The largest absolute Gasteiger partial charge is 0.588 e. The van der Waals surface area contributed by atoms with E-state index in [-0.39, 0.29) is 11.4 Å². The smallest absolute Gasteiger partial charge is 0.254 e. The molecule has 2 aliphatic heterocycles. The third kappa shape index (κ3) is 3.30. The van der Waals surface area contributed by atoms with Crippen LogP contribution in [0.5, 0.6) is 0 Å². The molecule has 0 bridgehead atoms. The molecular formula is C21H25N5O2S. The minimum Gasteiger partial charge on any atom is -0.588 e. The highest BCUT2D eigenvalue weighted by molar-refractivity contribution is 7.89. The van der Waals surface area contributed by atoms with Gasteiger partial charge in [-0.05, 0) is 69.4 Å². The summed E-state index contributed by atoms with van der Waals surface area (Å²) in [6.07, 6.45) is 6.10. The Morgan fingerprint density at radius 2 is 2.14 bits per heavy atom. The normalized spacial score (nSPS) is 20.5. The van der Waals surface area contributed by atoms with Gasteiger partial charge in [0.15, 0.2) is 0 Å². The zero-order valence-corrected chi connectivity index (χ0v) is 17.7. The first kappa shape index (κ1) is 18.6. The van der Waals surface area contributed by atoms with Gasteiger partial charge in [-0.3, -0.25) is 9.48 Å². The Morgan fingerprint density at radius 1 is 1.34 bits per heavy atom. The molecule has 8 heteroatoms. The molecule has 1 saturated carbocycles. The molecular weight excluding hydrogens is 386 g/mol. The van der Waals surface area contributed by atoms with E-state index >= 15 is 0 Å². The van der Waals surface area contributed by atoms with Crippen molar-refractivity contribution >= 4 is 34.9 Å². The lowest BCUT2D eigenvalue weighted by Crippen LogP contribution is -2.41. The number of rotatable bonds is 4. The highest BCUT2D eigenvalue weighted by Gasteiger charge is 2.35. The fraction of sp³-hybridized carbons (Fsp3) is 0.429. The summed E-state index contributed by atoms with van der Waals surface area (Å²) in [6, 6.07) is 5.76. The number of hydrogen-bond donors (Lipinski definition) is 2. The summed E-state index contributed by atoms with van der Waals surface area (Å²) in [5.41, 5.74) is 3.27. The van der Waals surface area contributed by atoms with Gasteiger partial charge in [0.1, 0.15) is 17.1 Å². The molecule has 1 amide bonds. The van der Waals surface area contributed by atoms with Crippen molar-refractivity contribution in [2.75, 3.05) is 5.32 Å². The Kier molecular flexibility index (Phi) is 4.18. The summed E-state index contributed by atoms with van der Waals surface area (Å²) >= 11 is -1.34. The van der Waals surface area contributed by atoms with Crippen LogP contribution in [0, 0.1) is 5.92 Å². The van der Waals surface area contributed by atoms with Crippen molar-refractivity contribution in [2.45, 2.75) is 57.1 Å². The van der Waals surface area contributed by atoms with Crippen molar-refractivity contribution in [2.24, 2.45) is 5.92 Å². The molecule has 2 aromatic rings. The summed E-state index contributed by atoms with van der Waals surface area (Å²) in [7, 11) is 0. The maximum absolute atomic E-state index is 12.7. The molecule has 0 spiro atoms. The number of aromatic nitrogens is 2. The SMILES string of the molecule is CC(C)(C)N1Cc2cc(Nc3nn(CC4CC4)c4c3[S+]([O-])NC=C4)ccc2C1=O. The van der Waals surface area contributed by atoms with Gasteiger partial charge in [0.25, 0.3) is 5.91 Å². The zero-order chi connectivity index (χ0) is 20.3. The standard InChI is InChI=1S/C21H25N5O2S/c1-21(2,3)25-12-14-10-15(6-7-16(14)20(25)27)23-19-18-17(8-9-22-29(18)28)26(24-19)11-13-4-5-13/h6-10,13,22H,4-5,11-12H2,1-3H3,(H,23,24). The maximum Gasteiger partial charge on any atom is 0.254 e. The number of nitrogens with zero attached hydrogens (tertiary/aromatic N) is 3.